The molecule has 0 fully saturated rings. The Bertz CT molecular complexity index is 1830. The maximum atomic E-state index is 13.7. The van der Waals surface area contributed by atoms with Gasteiger partial charge in [-0.2, -0.15) is 16.6 Å². The van der Waals surface area contributed by atoms with Gasteiger partial charge in [-0.05, 0) is 58.8 Å². The number of rotatable bonds is 5. The van der Waals surface area contributed by atoms with E-state index >= 15 is 0 Å². The van der Waals surface area contributed by atoms with Crippen molar-refractivity contribution in [2.45, 2.75) is 19.8 Å². The number of carbonyl (C=O) groups is 2. The Hall–Kier alpha value is -4.24. The second kappa shape index (κ2) is 9.81. The molecule has 6 rings (SSSR count). The van der Waals surface area contributed by atoms with Crippen LogP contribution in [0, 0.1) is 11.3 Å². The van der Waals surface area contributed by atoms with E-state index in [1.165, 1.54) is 28.2 Å². The smallest absolute Gasteiger partial charge is 0.341 e. The molecule has 0 unspecified atom stereocenters. The van der Waals surface area contributed by atoms with Crippen molar-refractivity contribution in [2.75, 3.05) is 23.4 Å². The number of nitriles is 1. The highest BCUT2D eigenvalue weighted by Crippen LogP contribution is 2.47. The van der Waals surface area contributed by atoms with E-state index in [2.05, 4.69) is 22.4 Å². The van der Waals surface area contributed by atoms with Gasteiger partial charge in [0.2, 0.25) is 0 Å². The third kappa shape index (κ3) is 4.04. The Labute approximate surface area is 235 Å². The maximum Gasteiger partial charge on any atom is 0.341 e. The van der Waals surface area contributed by atoms with Crippen molar-refractivity contribution >= 4 is 72.6 Å². The molecule has 4 heterocycles. The van der Waals surface area contributed by atoms with Crippen LogP contribution < -0.4 is 16.8 Å². The lowest BCUT2D eigenvalue weighted by Gasteiger charge is -2.16. The number of benzene rings is 1. The lowest BCUT2D eigenvalue weighted by atomic mass is 9.89. The van der Waals surface area contributed by atoms with E-state index in [0.717, 1.165) is 39.3 Å². The summed E-state index contributed by atoms with van der Waals surface area (Å²) in [7, 11) is 0. The average molecular weight is 572 g/mol. The Morgan fingerprint density at radius 1 is 1.18 bits per heavy atom. The summed E-state index contributed by atoms with van der Waals surface area (Å²) in [6.45, 7) is 1.97. The SMILES string of the molecule is CCOC(=O)c1c(NC(=O)c2sc3nc(N)c(C#N)c(-c4ccsc4)c3c2N)sc2c1CCc1ccccc1-2. The highest BCUT2D eigenvalue weighted by atomic mass is 32.1. The average Bonchev–Trinajstić information content (AvgIpc) is 3.66. The van der Waals surface area contributed by atoms with Crippen molar-refractivity contribution < 1.29 is 14.3 Å². The normalized spacial score (nSPS) is 12.0. The summed E-state index contributed by atoms with van der Waals surface area (Å²) >= 11 is 3.93. The Morgan fingerprint density at radius 3 is 2.74 bits per heavy atom. The van der Waals surface area contributed by atoms with Crippen molar-refractivity contribution in [2.24, 2.45) is 0 Å². The van der Waals surface area contributed by atoms with Crippen LogP contribution in [0.15, 0.2) is 41.1 Å². The second-order valence-electron chi connectivity index (χ2n) is 8.84. The molecule has 0 atom stereocenters. The van der Waals surface area contributed by atoms with E-state index in [1.54, 1.807) is 6.92 Å². The molecular weight excluding hydrogens is 551 g/mol. The number of anilines is 3. The molecule has 0 aliphatic heterocycles. The fraction of sp³-hybridized carbons (Fsp3) is 0.143. The first kappa shape index (κ1) is 25.1. The quantitative estimate of drug-likeness (QED) is 0.209. The fourth-order valence-corrected chi connectivity index (χ4v) is 7.90. The number of amides is 1. The van der Waals surface area contributed by atoms with Crippen molar-refractivity contribution in [1.82, 2.24) is 4.98 Å². The number of aromatic nitrogens is 1. The number of thiophene rings is 3. The molecule has 0 saturated carbocycles. The number of nitrogens with two attached hydrogens (primary N) is 2. The topological polar surface area (TPSA) is 144 Å². The molecular formula is C28H21N5O3S3. The van der Waals surface area contributed by atoms with E-state index < -0.39 is 11.9 Å². The molecule has 194 valence electrons. The van der Waals surface area contributed by atoms with Gasteiger partial charge in [-0.15, -0.1) is 22.7 Å². The van der Waals surface area contributed by atoms with Crippen molar-refractivity contribution in [3.63, 3.8) is 0 Å². The highest BCUT2D eigenvalue weighted by molar-refractivity contribution is 7.22. The molecule has 1 amide bonds. The minimum atomic E-state index is -0.471. The molecule has 1 aliphatic carbocycles. The Kier molecular flexibility index (Phi) is 6.31. The van der Waals surface area contributed by atoms with Gasteiger partial charge in [0.05, 0.1) is 17.9 Å². The number of nitrogen functional groups attached to an aromatic ring is 2. The van der Waals surface area contributed by atoms with Crippen molar-refractivity contribution in [3.8, 4) is 27.6 Å². The number of ether oxygens (including phenoxy) is 1. The van der Waals surface area contributed by atoms with Gasteiger partial charge in [-0.3, -0.25) is 4.79 Å². The first-order valence-corrected chi connectivity index (χ1v) is 14.7. The van der Waals surface area contributed by atoms with Gasteiger partial charge in [-0.1, -0.05) is 24.3 Å². The van der Waals surface area contributed by atoms with Gasteiger partial charge in [0, 0.05) is 15.8 Å². The number of aryl methyl sites for hydroxylation is 1. The van der Waals surface area contributed by atoms with Crippen LogP contribution in [-0.2, 0) is 17.6 Å². The van der Waals surface area contributed by atoms with Gasteiger partial charge in [0.25, 0.3) is 5.91 Å². The van der Waals surface area contributed by atoms with E-state index in [0.29, 0.717) is 32.8 Å². The summed E-state index contributed by atoms with van der Waals surface area (Å²) in [5.74, 6) is -0.864. The van der Waals surface area contributed by atoms with Crippen LogP contribution in [0.25, 0.3) is 31.8 Å². The molecule has 5 aromatic rings. The number of esters is 1. The molecule has 0 radical (unpaired) electrons. The summed E-state index contributed by atoms with van der Waals surface area (Å²) in [6, 6.07) is 12.1. The van der Waals surface area contributed by atoms with Crippen LogP contribution >= 0.6 is 34.0 Å². The zero-order valence-corrected chi connectivity index (χ0v) is 23.1. The summed E-state index contributed by atoms with van der Waals surface area (Å²) in [4.78, 5) is 32.8. The largest absolute Gasteiger partial charge is 0.462 e. The fourth-order valence-electron chi connectivity index (χ4n) is 4.96. The van der Waals surface area contributed by atoms with Crippen LogP contribution in [-0.4, -0.2) is 23.5 Å². The van der Waals surface area contributed by atoms with E-state index in [4.69, 9.17) is 16.2 Å². The maximum absolute atomic E-state index is 13.7. The molecule has 39 heavy (non-hydrogen) atoms. The summed E-state index contributed by atoms with van der Waals surface area (Å²) in [5, 5.41) is 17.5. The predicted octanol–water partition coefficient (Wildman–Crippen LogP) is 6.32. The summed E-state index contributed by atoms with van der Waals surface area (Å²) in [6.07, 6.45) is 1.46. The number of hydrogen-bond donors (Lipinski definition) is 3. The predicted molar refractivity (Wildman–Crippen MR) is 158 cm³/mol. The van der Waals surface area contributed by atoms with Crippen LogP contribution in [0.1, 0.15) is 43.6 Å². The first-order chi connectivity index (χ1) is 18.9. The molecule has 11 heteroatoms. The van der Waals surface area contributed by atoms with Crippen LogP contribution in [0.2, 0.25) is 0 Å². The van der Waals surface area contributed by atoms with Crippen LogP contribution in [0.5, 0.6) is 0 Å². The lowest BCUT2D eigenvalue weighted by molar-refractivity contribution is 0.0527. The zero-order valence-electron chi connectivity index (χ0n) is 20.7. The number of hydrogen-bond acceptors (Lipinski definition) is 10. The molecule has 8 nitrogen and oxygen atoms in total. The Morgan fingerprint density at radius 2 is 2.00 bits per heavy atom. The second-order valence-corrected chi connectivity index (χ2v) is 11.6. The lowest BCUT2D eigenvalue weighted by Crippen LogP contribution is -2.16. The van der Waals surface area contributed by atoms with Gasteiger partial charge >= 0.3 is 5.97 Å². The van der Waals surface area contributed by atoms with Crippen molar-refractivity contribution in [3.05, 3.63) is 68.2 Å². The molecule has 1 aliphatic rings. The number of nitrogens with one attached hydrogen (secondary N) is 1. The third-order valence-electron chi connectivity index (χ3n) is 6.65. The molecule has 0 bridgehead atoms. The standard InChI is InChI=1S/C28H21N5O3S3/c1-2-36-28(35)19-16-8-7-13-5-3-4-6-15(13)22(16)38-26(19)33-25(34)23-21(30)20-18(14-9-10-37-12-14)17(11-29)24(31)32-27(20)39-23/h3-6,9-10,12H,2,7-8,30H2,1H3,(H2,31,32)(H,33,34). The molecule has 5 N–H and O–H groups in total. The van der Waals surface area contributed by atoms with Gasteiger partial charge in [-0.25, -0.2) is 9.78 Å². The highest BCUT2D eigenvalue weighted by Gasteiger charge is 2.31. The van der Waals surface area contributed by atoms with Crippen LogP contribution in [0.3, 0.4) is 0 Å². The van der Waals surface area contributed by atoms with E-state index in [9.17, 15) is 14.9 Å². The molecule has 4 aromatic heterocycles. The Balaban J connectivity index is 1.47. The minimum Gasteiger partial charge on any atom is -0.462 e. The summed E-state index contributed by atoms with van der Waals surface area (Å²) < 4.78 is 5.38. The van der Waals surface area contributed by atoms with Gasteiger partial charge in [0.1, 0.15) is 32.2 Å². The van der Waals surface area contributed by atoms with Gasteiger partial charge in [0.15, 0.2) is 0 Å². The number of fused-ring (bicyclic) bond motifs is 4. The van der Waals surface area contributed by atoms with E-state index in [-0.39, 0.29) is 28.6 Å². The van der Waals surface area contributed by atoms with Crippen LogP contribution in [0.4, 0.5) is 16.5 Å². The zero-order chi connectivity index (χ0) is 27.3. The third-order valence-corrected chi connectivity index (χ3v) is 9.61. The minimum absolute atomic E-state index is 0.0774. The van der Waals surface area contributed by atoms with Gasteiger partial charge < -0.3 is 21.5 Å². The molecule has 0 saturated heterocycles. The number of pyridine rings is 1. The number of nitrogens with zero attached hydrogens (tertiary/aromatic N) is 2. The molecule has 0 spiro atoms. The summed E-state index contributed by atoms with van der Waals surface area (Å²) in [5.41, 5.74) is 18.0. The monoisotopic (exact) mass is 571 g/mol. The van der Waals surface area contributed by atoms with E-state index in [1.807, 2.05) is 35.0 Å². The molecule has 1 aromatic carbocycles. The number of carbonyl (C=O) groups excluding carboxylic acids is 2. The first-order valence-electron chi connectivity index (χ1n) is 12.1. The van der Waals surface area contributed by atoms with Crippen molar-refractivity contribution in [1.29, 1.82) is 5.26 Å².